The summed E-state index contributed by atoms with van der Waals surface area (Å²) in [6.07, 6.45) is -9.91. The molecule has 1 amide bonds. The minimum absolute atomic E-state index is 0.0272. The van der Waals surface area contributed by atoms with Crippen LogP contribution >= 0.6 is 0 Å². The molecule has 0 radical (unpaired) electrons. The van der Waals surface area contributed by atoms with Crippen molar-refractivity contribution >= 4 is 5.91 Å². The maximum atomic E-state index is 12.9. The van der Waals surface area contributed by atoms with Crippen molar-refractivity contribution < 1.29 is 31.1 Å². The van der Waals surface area contributed by atoms with E-state index in [0.717, 1.165) is 0 Å². The molecule has 3 rings (SSSR count). The third-order valence-electron chi connectivity index (χ3n) is 4.51. The van der Waals surface area contributed by atoms with Crippen LogP contribution in [0.4, 0.5) is 26.3 Å². The van der Waals surface area contributed by atoms with Gasteiger partial charge in [0.15, 0.2) is 0 Å². The molecule has 2 aliphatic heterocycles. The van der Waals surface area contributed by atoms with E-state index in [2.05, 4.69) is 5.32 Å². The Kier molecular flexibility index (Phi) is 4.01. The number of alkyl halides is 6. The van der Waals surface area contributed by atoms with E-state index < -0.39 is 35.0 Å². The maximum absolute atomic E-state index is 12.9. The van der Waals surface area contributed by atoms with Gasteiger partial charge in [0.05, 0.1) is 11.1 Å². The number of hydrogen-bond donors (Lipinski definition) is 1. The summed E-state index contributed by atoms with van der Waals surface area (Å²) < 4.78 is 77.2. The highest BCUT2D eigenvalue weighted by atomic mass is 19.4. The quantitative estimate of drug-likeness (QED) is 0.788. The summed E-state index contributed by atoms with van der Waals surface area (Å²) >= 11 is 0. The first-order valence-electron chi connectivity index (χ1n) is 7.35. The van der Waals surface area contributed by atoms with Crippen LogP contribution in [0.2, 0.25) is 0 Å². The third kappa shape index (κ3) is 3.22. The number of amides is 1. The molecule has 0 aromatic heterocycles. The number of nitrogens with zero attached hydrogens (tertiary/aromatic N) is 1. The van der Waals surface area contributed by atoms with Gasteiger partial charge in [-0.25, -0.2) is 0 Å². The molecule has 2 aliphatic rings. The van der Waals surface area contributed by atoms with Gasteiger partial charge in [0.2, 0.25) is 0 Å². The lowest BCUT2D eigenvalue weighted by Gasteiger charge is -2.20. The second kappa shape index (κ2) is 5.65. The van der Waals surface area contributed by atoms with Crippen LogP contribution in [0.3, 0.4) is 0 Å². The number of hydrogen-bond acceptors (Lipinski definition) is 2. The molecule has 24 heavy (non-hydrogen) atoms. The molecular formula is C15H14F6N2O. The number of carbonyl (C=O) groups excluding carboxylic acids is 1. The minimum Gasteiger partial charge on any atom is -0.338 e. The molecule has 0 aliphatic carbocycles. The Hall–Kier alpha value is -1.77. The van der Waals surface area contributed by atoms with Gasteiger partial charge in [-0.15, -0.1) is 0 Å². The second-order valence-electron chi connectivity index (χ2n) is 6.18. The Labute approximate surface area is 133 Å². The molecule has 0 unspecified atom stereocenters. The monoisotopic (exact) mass is 352 g/mol. The number of rotatable bonds is 1. The second-order valence-corrected chi connectivity index (χ2v) is 6.18. The molecule has 2 saturated heterocycles. The minimum atomic E-state index is -4.96. The van der Waals surface area contributed by atoms with Crippen molar-refractivity contribution in [2.24, 2.45) is 11.8 Å². The Bertz CT molecular complexity index is 610. The average molecular weight is 352 g/mol. The first-order valence-corrected chi connectivity index (χ1v) is 7.35. The molecule has 0 bridgehead atoms. The molecule has 1 aromatic rings. The van der Waals surface area contributed by atoms with E-state index in [4.69, 9.17) is 0 Å². The summed E-state index contributed by atoms with van der Waals surface area (Å²) in [6.45, 7) is 2.08. The number of halogens is 6. The lowest BCUT2D eigenvalue weighted by Crippen LogP contribution is -2.32. The van der Waals surface area contributed by atoms with Crippen molar-refractivity contribution in [3.05, 3.63) is 34.9 Å². The average Bonchev–Trinajstić information content (AvgIpc) is 3.05. The van der Waals surface area contributed by atoms with Crippen LogP contribution < -0.4 is 5.32 Å². The molecule has 1 N–H and O–H groups in total. The highest BCUT2D eigenvalue weighted by molar-refractivity contribution is 5.95. The third-order valence-corrected chi connectivity index (χ3v) is 4.51. The molecule has 3 nitrogen and oxygen atoms in total. The van der Waals surface area contributed by atoms with E-state index in [0.29, 0.717) is 38.3 Å². The van der Waals surface area contributed by atoms with E-state index in [1.807, 2.05) is 0 Å². The van der Waals surface area contributed by atoms with Crippen molar-refractivity contribution in [1.29, 1.82) is 0 Å². The van der Waals surface area contributed by atoms with Gasteiger partial charge in [0.1, 0.15) is 0 Å². The SMILES string of the molecule is O=C(c1cc(C(F)(F)F)cc(C(F)(F)F)c1)N1C[C@H]2CNC[C@H]2C1. The van der Waals surface area contributed by atoms with Gasteiger partial charge in [-0.05, 0) is 30.0 Å². The number of nitrogens with one attached hydrogen (secondary N) is 1. The summed E-state index contributed by atoms with van der Waals surface area (Å²) in [5, 5.41) is 3.15. The van der Waals surface area contributed by atoms with E-state index in [-0.39, 0.29) is 17.9 Å². The normalized spacial score (nSPS) is 24.3. The van der Waals surface area contributed by atoms with Crippen LogP contribution in [0.25, 0.3) is 0 Å². The molecule has 2 atom stereocenters. The summed E-state index contributed by atoms with van der Waals surface area (Å²) in [7, 11) is 0. The predicted octanol–water partition coefficient (Wildman–Crippen LogP) is 3.02. The van der Waals surface area contributed by atoms with E-state index in [9.17, 15) is 31.1 Å². The molecular weight excluding hydrogens is 338 g/mol. The van der Waals surface area contributed by atoms with Gasteiger partial charge in [-0.3, -0.25) is 4.79 Å². The van der Waals surface area contributed by atoms with Gasteiger partial charge in [-0.2, -0.15) is 26.3 Å². The predicted molar refractivity (Wildman–Crippen MR) is 72.2 cm³/mol. The number of fused-ring (bicyclic) bond motifs is 1. The highest BCUT2D eigenvalue weighted by Crippen LogP contribution is 2.37. The Morgan fingerprint density at radius 1 is 0.917 bits per heavy atom. The van der Waals surface area contributed by atoms with Crippen LogP contribution in [0.1, 0.15) is 21.5 Å². The number of carbonyl (C=O) groups is 1. The zero-order chi connectivity index (χ0) is 17.7. The van der Waals surface area contributed by atoms with Gasteiger partial charge in [0.25, 0.3) is 5.91 Å². The summed E-state index contributed by atoms with van der Waals surface area (Å²) in [6, 6.07) is 1.01. The lowest BCUT2D eigenvalue weighted by molar-refractivity contribution is -0.143. The van der Waals surface area contributed by atoms with Gasteiger partial charge < -0.3 is 10.2 Å². The molecule has 0 saturated carbocycles. The van der Waals surface area contributed by atoms with E-state index >= 15 is 0 Å². The summed E-state index contributed by atoms with van der Waals surface area (Å²) in [5.74, 6) is -0.398. The largest absolute Gasteiger partial charge is 0.416 e. The fraction of sp³-hybridized carbons (Fsp3) is 0.533. The Morgan fingerprint density at radius 3 is 1.79 bits per heavy atom. The standard InChI is InChI=1S/C15H14F6N2O/c16-14(17,18)11-1-8(2-12(3-11)15(19,20)21)13(24)23-6-9-4-22-5-10(9)7-23/h1-3,9-10,22H,4-7H2/t9-,10+. The van der Waals surface area contributed by atoms with Crippen molar-refractivity contribution in [2.75, 3.05) is 26.2 Å². The molecule has 2 heterocycles. The molecule has 2 fully saturated rings. The van der Waals surface area contributed by atoms with Crippen molar-refractivity contribution in [3.8, 4) is 0 Å². The van der Waals surface area contributed by atoms with Crippen molar-refractivity contribution in [2.45, 2.75) is 12.4 Å². The van der Waals surface area contributed by atoms with Crippen LogP contribution in [0.15, 0.2) is 18.2 Å². The topological polar surface area (TPSA) is 32.3 Å². The van der Waals surface area contributed by atoms with Crippen LogP contribution in [-0.2, 0) is 12.4 Å². The van der Waals surface area contributed by atoms with Crippen LogP contribution in [0, 0.1) is 11.8 Å². The van der Waals surface area contributed by atoms with Crippen molar-refractivity contribution in [1.82, 2.24) is 10.2 Å². The lowest BCUT2D eigenvalue weighted by atomic mass is 10.0. The van der Waals surface area contributed by atoms with E-state index in [1.165, 1.54) is 4.90 Å². The first-order chi connectivity index (χ1) is 11.1. The smallest absolute Gasteiger partial charge is 0.338 e. The number of benzene rings is 1. The summed E-state index contributed by atoms with van der Waals surface area (Å²) in [5.41, 5.74) is -3.52. The Balaban J connectivity index is 1.93. The zero-order valence-corrected chi connectivity index (χ0v) is 12.3. The molecule has 1 aromatic carbocycles. The van der Waals surface area contributed by atoms with Gasteiger partial charge >= 0.3 is 12.4 Å². The maximum Gasteiger partial charge on any atom is 0.416 e. The highest BCUT2D eigenvalue weighted by Gasteiger charge is 2.41. The molecule has 132 valence electrons. The fourth-order valence-electron chi connectivity index (χ4n) is 3.28. The Morgan fingerprint density at radius 2 is 1.38 bits per heavy atom. The first kappa shape index (κ1) is 17.1. The number of likely N-dealkylation sites (tertiary alicyclic amines) is 1. The fourth-order valence-corrected chi connectivity index (χ4v) is 3.28. The van der Waals surface area contributed by atoms with E-state index in [1.54, 1.807) is 0 Å². The van der Waals surface area contributed by atoms with Gasteiger partial charge in [0, 0.05) is 31.7 Å². The van der Waals surface area contributed by atoms with Crippen LogP contribution in [0.5, 0.6) is 0 Å². The molecule has 0 spiro atoms. The zero-order valence-electron chi connectivity index (χ0n) is 12.3. The summed E-state index contributed by atoms with van der Waals surface area (Å²) in [4.78, 5) is 13.7. The van der Waals surface area contributed by atoms with Crippen LogP contribution in [-0.4, -0.2) is 37.0 Å². The van der Waals surface area contributed by atoms with Gasteiger partial charge in [-0.1, -0.05) is 0 Å². The molecule has 9 heteroatoms. The van der Waals surface area contributed by atoms with Crippen molar-refractivity contribution in [3.63, 3.8) is 0 Å².